The third-order valence-electron chi connectivity index (χ3n) is 2.51. The Labute approximate surface area is 120 Å². The van der Waals surface area contributed by atoms with Gasteiger partial charge < -0.3 is 5.32 Å². The van der Waals surface area contributed by atoms with Crippen molar-refractivity contribution >= 4 is 23.7 Å². The molecule has 0 fully saturated rings. The SMILES string of the molecule is O=C(N/N=C\c1ccccc1F)C(=O)Nc1ccccc1. The first kappa shape index (κ1) is 14.4. The molecule has 0 unspecified atom stereocenters. The fraction of sp³-hybridized carbons (Fsp3) is 0. The van der Waals surface area contributed by atoms with Crippen molar-refractivity contribution < 1.29 is 14.0 Å². The number of nitrogens with one attached hydrogen (secondary N) is 2. The van der Waals surface area contributed by atoms with Gasteiger partial charge in [0.25, 0.3) is 0 Å². The summed E-state index contributed by atoms with van der Waals surface area (Å²) in [6, 6.07) is 14.5. The molecule has 0 radical (unpaired) electrons. The lowest BCUT2D eigenvalue weighted by molar-refractivity contribution is -0.136. The lowest BCUT2D eigenvalue weighted by atomic mass is 10.2. The van der Waals surface area contributed by atoms with Crippen LogP contribution in [0.25, 0.3) is 0 Å². The van der Waals surface area contributed by atoms with Gasteiger partial charge in [0.15, 0.2) is 0 Å². The smallest absolute Gasteiger partial charge is 0.318 e. The quantitative estimate of drug-likeness (QED) is 0.514. The van der Waals surface area contributed by atoms with Gasteiger partial charge in [0.2, 0.25) is 0 Å². The summed E-state index contributed by atoms with van der Waals surface area (Å²) in [6.45, 7) is 0. The van der Waals surface area contributed by atoms with Crippen LogP contribution in [0.1, 0.15) is 5.56 Å². The number of hydrogen-bond donors (Lipinski definition) is 2. The second-order valence-electron chi connectivity index (χ2n) is 4.04. The number of nitrogens with zero attached hydrogens (tertiary/aromatic N) is 1. The molecule has 2 N–H and O–H groups in total. The number of rotatable bonds is 3. The molecule has 0 spiro atoms. The zero-order valence-corrected chi connectivity index (χ0v) is 10.9. The van der Waals surface area contributed by atoms with Crippen molar-refractivity contribution in [1.82, 2.24) is 5.43 Å². The first-order chi connectivity index (χ1) is 10.2. The van der Waals surface area contributed by atoms with Crippen LogP contribution in [0.4, 0.5) is 10.1 Å². The van der Waals surface area contributed by atoms with E-state index in [1.807, 2.05) is 5.43 Å². The largest absolute Gasteiger partial charge is 0.329 e. The number of halogens is 1. The Balaban J connectivity index is 1.90. The summed E-state index contributed by atoms with van der Waals surface area (Å²) in [5, 5.41) is 5.94. The number of hydrogen-bond acceptors (Lipinski definition) is 3. The van der Waals surface area contributed by atoms with E-state index in [-0.39, 0.29) is 5.56 Å². The number of amides is 2. The molecule has 0 saturated carbocycles. The molecule has 6 heteroatoms. The zero-order chi connectivity index (χ0) is 15.1. The summed E-state index contributed by atoms with van der Waals surface area (Å²) < 4.78 is 13.3. The molecular weight excluding hydrogens is 273 g/mol. The van der Waals surface area contributed by atoms with Gasteiger partial charge in [-0.05, 0) is 18.2 Å². The standard InChI is InChI=1S/C15H12FN3O2/c16-13-9-5-4-6-11(13)10-17-19-15(21)14(20)18-12-7-2-1-3-8-12/h1-10H,(H,18,20)(H,19,21)/b17-10-. The maximum Gasteiger partial charge on any atom is 0.329 e. The first-order valence-electron chi connectivity index (χ1n) is 6.11. The Hall–Kier alpha value is -3.02. The van der Waals surface area contributed by atoms with E-state index in [1.165, 1.54) is 12.1 Å². The molecule has 0 aliphatic carbocycles. The van der Waals surface area contributed by atoms with Crippen molar-refractivity contribution in [2.24, 2.45) is 5.10 Å². The minimum atomic E-state index is -0.938. The van der Waals surface area contributed by atoms with Crippen molar-refractivity contribution in [3.8, 4) is 0 Å². The van der Waals surface area contributed by atoms with Gasteiger partial charge in [-0.1, -0.05) is 36.4 Å². The van der Waals surface area contributed by atoms with E-state index in [0.29, 0.717) is 5.69 Å². The van der Waals surface area contributed by atoms with E-state index in [1.54, 1.807) is 42.5 Å². The van der Waals surface area contributed by atoms with Gasteiger partial charge in [-0.25, -0.2) is 9.82 Å². The average Bonchev–Trinajstić information content (AvgIpc) is 2.50. The fourth-order valence-corrected chi connectivity index (χ4v) is 1.50. The Morgan fingerprint density at radius 2 is 1.62 bits per heavy atom. The molecule has 0 aliphatic rings. The topological polar surface area (TPSA) is 70.6 Å². The van der Waals surface area contributed by atoms with E-state index in [9.17, 15) is 14.0 Å². The van der Waals surface area contributed by atoms with Gasteiger partial charge in [-0.15, -0.1) is 0 Å². The average molecular weight is 285 g/mol. The third kappa shape index (κ3) is 4.24. The Morgan fingerprint density at radius 3 is 2.33 bits per heavy atom. The second-order valence-corrected chi connectivity index (χ2v) is 4.04. The number of carbonyl (C=O) groups excluding carboxylic acids is 2. The van der Waals surface area contributed by atoms with Gasteiger partial charge in [-0.2, -0.15) is 5.10 Å². The highest BCUT2D eigenvalue weighted by Gasteiger charge is 2.12. The fourth-order valence-electron chi connectivity index (χ4n) is 1.50. The number of hydrazone groups is 1. The Bertz CT molecular complexity index is 672. The van der Waals surface area contributed by atoms with Crippen LogP contribution >= 0.6 is 0 Å². The third-order valence-corrected chi connectivity index (χ3v) is 2.51. The van der Waals surface area contributed by atoms with E-state index in [4.69, 9.17) is 0 Å². The lowest BCUT2D eigenvalue weighted by Gasteiger charge is -2.03. The van der Waals surface area contributed by atoms with E-state index in [2.05, 4.69) is 10.4 Å². The van der Waals surface area contributed by atoms with Crippen LogP contribution in [0.2, 0.25) is 0 Å². The summed E-state index contributed by atoms with van der Waals surface area (Å²) in [5.74, 6) is -2.26. The van der Waals surface area contributed by atoms with Gasteiger partial charge in [0.05, 0.1) is 6.21 Å². The van der Waals surface area contributed by atoms with Crippen molar-refractivity contribution in [2.75, 3.05) is 5.32 Å². The highest BCUT2D eigenvalue weighted by atomic mass is 19.1. The molecule has 0 heterocycles. The summed E-state index contributed by atoms with van der Waals surface area (Å²) in [6.07, 6.45) is 1.13. The van der Waals surface area contributed by atoms with Gasteiger partial charge in [0.1, 0.15) is 5.82 Å². The summed E-state index contributed by atoms with van der Waals surface area (Å²) >= 11 is 0. The Morgan fingerprint density at radius 1 is 0.952 bits per heavy atom. The monoisotopic (exact) mass is 285 g/mol. The zero-order valence-electron chi connectivity index (χ0n) is 10.9. The van der Waals surface area contributed by atoms with Crippen LogP contribution in [-0.4, -0.2) is 18.0 Å². The molecule has 0 saturated heterocycles. The molecule has 21 heavy (non-hydrogen) atoms. The molecule has 0 bridgehead atoms. The first-order valence-corrected chi connectivity index (χ1v) is 6.11. The van der Waals surface area contributed by atoms with Crippen LogP contribution in [0.5, 0.6) is 0 Å². The van der Waals surface area contributed by atoms with Gasteiger partial charge in [-0.3, -0.25) is 9.59 Å². The van der Waals surface area contributed by atoms with Crippen LogP contribution in [-0.2, 0) is 9.59 Å². The van der Waals surface area contributed by atoms with Crippen molar-refractivity contribution in [2.45, 2.75) is 0 Å². The van der Waals surface area contributed by atoms with Crippen LogP contribution < -0.4 is 10.7 Å². The molecule has 2 aromatic rings. The van der Waals surface area contributed by atoms with Crippen molar-refractivity contribution in [3.05, 3.63) is 66.0 Å². The molecule has 5 nitrogen and oxygen atoms in total. The molecule has 0 aliphatic heterocycles. The molecule has 0 aromatic heterocycles. The molecule has 0 atom stereocenters. The van der Waals surface area contributed by atoms with Crippen LogP contribution in [0.15, 0.2) is 59.7 Å². The Kier molecular flexibility index (Phi) is 4.76. The second kappa shape index (κ2) is 6.95. The maximum atomic E-state index is 13.3. The molecule has 2 aromatic carbocycles. The number of para-hydroxylation sites is 1. The summed E-state index contributed by atoms with van der Waals surface area (Å²) in [7, 11) is 0. The molecule has 106 valence electrons. The minimum Gasteiger partial charge on any atom is -0.318 e. The van der Waals surface area contributed by atoms with Crippen LogP contribution in [0, 0.1) is 5.82 Å². The van der Waals surface area contributed by atoms with E-state index < -0.39 is 17.6 Å². The number of benzene rings is 2. The number of carbonyl (C=O) groups is 2. The minimum absolute atomic E-state index is 0.210. The van der Waals surface area contributed by atoms with E-state index >= 15 is 0 Å². The highest BCUT2D eigenvalue weighted by molar-refractivity contribution is 6.39. The van der Waals surface area contributed by atoms with Gasteiger partial charge >= 0.3 is 11.8 Å². The predicted octanol–water partition coefficient (Wildman–Crippen LogP) is 1.91. The highest BCUT2D eigenvalue weighted by Crippen LogP contribution is 2.04. The van der Waals surface area contributed by atoms with Gasteiger partial charge in [0, 0.05) is 11.3 Å². The predicted molar refractivity (Wildman–Crippen MR) is 77.2 cm³/mol. The van der Waals surface area contributed by atoms with E-state index in [0.717, 1.165) is 6.21 Å². The van der Waals surface area contributed by atoms with Crippen molar-refractivity contribution in [3.63, 3.8) is 0 Å². The molecule has 2 amide bonds. The molecular formula is C15H12FN3O2. The maximum absolute atomic E-state index is 13.3. The summed E-state index contributed by atoms with van der Waals surface area (Å²) in [5.41, 5.74) is 2.74. The number of anilines is 1. The normalized spacial score (nSPS) is 10.3. The lowest BCUT2D eigenvalue weighted by Crippen LogP contribution is -2.32. The molecule has 2 rings (SSSR count). The van der Waals surface area contributed by atoms with Crippen molar-refractivity contribution in [1.29, 1.82) is 0 Å². The summed E-state index contributed by atoms with van der Waals surface area (Å²) in [4.78, 5) is 23.0. The van der Waals surface area contributed by atoms with Crippen LogP contribution in [0.3, 0.4) is 0 Å².